The highest BCUT2D eigenvalue weighted by Crippen LogP contribution is 2.22. The number of hydrogen-bond acceptors (Lipinski definition) is 5. The number of imidazole rings is 1. The second-order valence-corrected chi connectivity index (χ2v) is 5.92. The zero-order valence-corrected chi connectivity index (χ0v) is 13.0. The van der Waals surface area contributed by atoms with E-state index in [0.717, 1.165) is 17.8 Å². The number of H-pyrrole nitrogens is 1. The number of carbonyl (C=O) groups excluding carboxylic acids is 1. The SMILES string of the molecule is CCCc1nnc(NC(=O)c2ccc3nc(C(F)F)[nH]c3c2)s1. The number of carbonyl (C=O) groups is 1. The van der Waals surface area contributed by atoms with E-state index in [2.05, 4.69) is 25.5 Å². The molecule has 2 N–H and O–H groups in total. The number of benzene rings is 1. The molecule has 23 heavy (non-hydrogen) atoms. The largest absolute Gasteiger partial charge is 0.337 e. The Labute approximate surface area is 134 Å². The van der Waals surface area contributed by atoms with Gasteiger partial charge in [0.1, 0.15) is 5.01 Å². The number of aryl methyl sites for hydroxylation is 1. The predicted molar refractivity (Wildman–Crippen MR) is 82.9 cm³/mol. The highest BCUT2D eigenvalue weighted by Gasteiger charge is 2.15. The van der Waals surface area contributed by atoms with Gasteiger partial charge in [-0.1, -0.05) is 18.3 Å². The van der Waals surface area contributed by atoms with Crippen molar-refractivity contribution in [2.45, 2.75) is 26.2 Å². The molecule has 3 aromatic rings. The van der Waals surface area contributed by atoms with E-state index in [4.69, 9.17) is 0 Å². The molecule has 1 amide bonds. The van der Waals surface area contributed by atoms with Crippen molar-refractivity contribution in [1.82, 2.24) is 20.2 Å². The van der Waals surface area contributed by atoms with Crippen molar-refractivity contribution < 1.29 is 13.6 Å². The highest BCUT2D eigenvalue weighted by atomic mass is 32.1. The summed E-state index contributed by atoms with van der Waals surface area (Å²) in [6.45, 7) is 2.03. The monoisotopic (exact) mass is 337 g/mol. The Morgan fingerprint density at radius 3 is 2.96 bits per heavy atom. The lowest BCUT2D eigenvalue weighted by atomic mass is 10.2. The number of nitrogens with zero attached hydrogens (tertiary/aromatic N) is 3. The Morgan fingerprint density at radius 2 is 2.22 bits per heavy atom. The zero-order valence-electron chi connectivity index (χ0n) is 12.1. The number of amides is 1. The fourth-order valence-corrected chi connectivity index (χ4v) is 2.90. The Bertz CT molecular complexity index is 845. The van der Waals surface area contributed by atoms with Gasteiger partial charge < -0.3 is 4.98 Å². The third-order valence-electron chi connectivity index (χ3n) is 3.12. The first-order chi connectivity index (χ1) is 11.1. The number of aromatic amines is 1. The van der Waals surface area contributed by atoms with E-state index in [1.807, 2.05) is 6.92 Å². The first kappa shape index (κ1) is 15.5. The van der Waals surface area contributed by atoms with Crippen molar-refractivity contribution in [3.8, 4) is 0 Å². The van der Waals surface area contributed by atoms with Crippen molar-refractivity contribution in [2.75, 3.05) is 5.32 Å². The topological polar surface area (TPSA) is 83.6 Å². The molecule has 0 bridgehead atoms. The first-order valence-electron chi connectivity index (χ1n) is 6.98. The fourth-order valence-electron chi connectivity index (χ4n) is 2.06. The van der Waals surface area contributed by atoms with Crippen LogP contribution >= 0.6 is 11.3 Å². The number of fused-ring (bicyclic) bond motifs is 1. The van der Waals surface area contributed by atoms with E-state index < -0.39 is 12.2 Å². The molecule has 0 saturated carbocycles. The number of alkyl halides is 2. The maximum Gasteiger partial charge on any atom is 0.295 e. The van der Waals surface area contributed by atoms with E-state index >= 15 is 0 Å². The predicted octanol–water partition coefficient (Wildman–Crippen LogP) is 3.56. The third kappa shape index (κ3) is 3.34. The van der Waals surface area contributed by atoms with E-state index in [0.29, 0.717) is 21.7 Å². The van der Waals surface area contributed by atoms with Crippen LogP contribution in [0.3, 0.4) is 0 Å². The number of anilines is 1. The fraction of sp³-hybridized carbons (Fsp3) is 0.286. The number of hydrogen-bond donors (Lipinski definition) is 2. The van der Waals surface area contributed by atoms with Crippen molar-refractivity contribution in [3.05, 3.63) is 34.6 Å². The quantitative estimate of drug-likeness (QED) is 0.746. The van der Waals surface area contributed by atoms with Crippen molar-refractivity contribution >= 4 is 33.4 Å². The lowest BCUT2D eigenvalue weighted by Gasteiger charge is -2.00. The summed E-state index contributed by atoms with van der Waals surface area (Å²) in [5.74, 6) is -0.787. The summed E-state index contributed by atoms with van der Waals surface area (Å²) in [6.07, 6.45) is -0.923. The molecule has 0 fully saturated rings. The summed E-state index contributed by atoms with van der Waals surface area (Å²) in [5.41, 5.74) is 1.10. The highest BCUT2D eigenvalue weighted by molar-refractivity contribution is 7.15. The van der Waals surface area contributed by atoms with Crippen LogP contribution in [-0.2, 0) is 6.42 Å². The number of aromatic nitrogens is 4. The van der Waals surface area contributed by atoms with Crippen LogP contribution in [0.4, 0.5) is 13.9 Å². The summed E-state index contributed by atoms with van der Waals surface area (Å²) in [4.78, 5) is 18.5. The van der Waals surface area contributed by atoms with Gasteiger partial charge in [-0.15, -0.1) is 10.2 Å². The normalized spacial score (nSPS) is 11.3. The summed E-state index contributed by atoms with van der Waals surface area (Å²) >= 11 is 1.32. The summed E-state index contributed by atoms with van der Waals surface area (Å²) in [7, 11) is 0. The maximum atomic E-state index is 12.6. The van der Waals surface area contributed by atoms with Crippen LogP contribution in [0.2, 0.25) is 0 Å². The van der Waals surface area contributed by atoms with Crippen LogP contribution in [0.1, 0.15) is 41.0 Å². The molecular formula is C14H13F2N5OS. The van der Waals surface area contributed by atoms with E-state index in [1.54, 1.807) is 0 Å². The van der Waals surface area contributed by atoms with Gasteiger partial charge in [0.2, 0.25) is 5.13 Å². The van der Waals surface area contributed by atoms with Crippen LogP contribution in [0.25, 0.3) is 11.0 Å². The molecule has 0 aliphatic carbocycles. The van der Waals surface area contributed by atoms with Crippen molar-refractivity contribution in [3.63, 3.8) is 0 Å². The van der Waals surface area contributed by atoms with E-state index in [1.165, 1.54) is 29.5 Å². The molecule has 0 atom stereocenters. The van der Waals surface area contributed by atoms with Gasteiger partial charge in [0.15, 0.2) is 5.82 Å². The van der Waals surface area contributed by atoms with Gasteiger partial charge in [-0.2, -0.15) is 0 Å². The Hall–Kier alpha value is -2.42. The average Bonchev–Trinajstić information content (AvgIpc) is 3.13. The van der Waals surface area contributed by atoms with Crippen LogP contribution in [0.5, 0.6) is 0 Å². The molecule has 9 heteroatoms. The molecule has 120 valence electrons. The molecule has 2 aromatic heterocycles. The molecule has 3 rings (SSSR count). The minimum absolute atomic E-state index is 0.328. The number of halogens is 2. The van der Waals surface area contributed by atoms with Gasteiger partial charge in [-0.25, -0.2) is 13.8 Å². The van der Waals surface area contributed by atoms with Gasteiger partial charge in [0.25, 0.3) is 12.3 Å². The minimum atomic E-state index is -2.68. The molecule has 0 aliphatic rings. The second kappa shape index (κ2) is 6.37. The average molecular weight is 337 g/mol. The van der Waals surface area contributed by atoms with Gasteiger partial charge in [-0.3, -0.25) is 10.1 Å². The standard InChI is InChI=1S/C14H13F2N5OS/c1-2-3-10-20-21-14(23-10)19-13(22)7-4-5-8-9(6-7)18-12(17-8)11(15)16/h4-6,11H,2-3H2,1H3,(H,17,18)(H,19,21,22). The maximum absolute atomic E-state index is 12.6. The van der Waals surface area contributed by atoms with Gasteiger partial charge >= 0.3 is 0 Å². The Balaban J connectivity index is 1.79. The smallest absolute Gasteiger partial charge is 0.295 e. The third-order valence-corrected chi connectivity index (χ3v) is 4.02. The molecule has 0 aliphatic heterocycles. The van der Waals surface area contributed by atoms with E-state index in [-0.39, 0.29) is 5.91 Å². The van der Waals surface area contributed by atoms with Crippen molar-refractivity contribution in [2.24, 2.45) is 0 Å². The minimum Gasteiger partial charge on any atom is -0.337 e. The Kier molecular flexibility index (Phi) is 4.28. The lowest BCUT2D eigenvalue weighted by molar-refractivity contribution is 0.102. The van der Waals surface area contributed by atoms with Gasteiger partial charge in [-0.05, 0) is 24.6 Å². The first-order valence-corrected chi connectivity index (χ1v) is 7.80. The van der Waals surface area contributed by atoms with Crippen LogP contribution in [-0.4, -0.2) is 26.1 Å². The van der Waals surface area contributed by atoms with Crippen LogP contribution in [0, 0.1) is 0 Å². The zero-order chi connectivity index (χ0) is 16.4. The second-order valence-electron chi connectivity index (χ2n) is 4.86. The molecule has 6 nitrogen and oxygen atoms in total. The molecule has 0 saturated heterocycles. The molecular weight excluding hydrogens is 324 g/mol. The lowest BCUT2D eigenvalue weighted by Crippen LogP contribution is -2.11. The molecule has 0 radical (unpaired) electrons. The number of nitrogens with one attached hydrogen (secondary N) is 2. The molecule has 2 heterocycles. The van der Waals surface area contributed by atoms with Crippen LogP contribution in [0.15, 0.2) is 18.2 Å². The van der Waals surface area contributed by atoms with Gasteiger partial charge in [0.05, 0.1) is 11.0 Å². The molecule has 0 spiro atoms. The summed E-state index contributed by atoms with van der Waals surface area (Å²) in [5, 5.41) is 11.8. The molecule has 0 unspecified atom stereocenters. The Morgan fingerprint density at radius 1 is 1.39 bits per heavy atom. The summed E-state index contributed by atoms with van der Waals surface area (Å²) < 4.78 is 25.3. The molecule has 1 aromatic carbocycles. The van der Waals surface area contributed by atoms with Crippen LogP contribution < -0.4 is 5.32 Å². The number of rotatable bonds is 5. The van der Waals surface area contributed by atoms with Gasteiger partial charge in [0, 0.05) is 12.0 Å². The summed E-state index contributed by atoms with van der Waals surface area (Å²) in [6, 6.07) is 4.54. The van der Waals surface area contributed by atoms with Crippen molar-refractivity contribution in [1.29, 1.82) is 0 Å². The van der Waals surface area contributed by atoms with E-state index in [9.17, 15) is 13.6 Å².